The van der Waals surface area contributed by atoms with Gasteiger partial charge in [-0.25, -0.2) is 4.79 Å². The van der Waals surface area contributed by atoms with Gasteiger partial charge in [0.25, 0.3) is 0 Å². The number of nitrogens with zero attached hydrogens (tertiary/aromatic N) is 1. The van der Waals surface area contributed by atoms with Crippen LogP contribution >= 0.6 is 0 Å². The summed E-state index contributed by atoms with van der Waals surface area (Å²) in [5.41, 5.74) is 0. The second-order valence-corrected chi connectivity index (χ2v) is 4.62. The normalized spacial score (nSPS) is 28.4. The molecule has 1 aliphatic carbocycles. The predicted molar refractivity (Wildman–Crippen MR) is 56.2 cm³/mol. The summed E-state index contributed by atoms with van der Waals surface area (Å²) in [4.78, 5) is 13.8. The number of carbonyl (C=O) groups excluding carboxylic acids is 1. The van der Waals surface area contributed by atoms with Crippen molar-refractivity contribution < 1.29 is 4.79 Å². The Morgan fingerprint density at radius 3 is 2.57 bits per heavy atom. The molecule has 1 heterocycles. The van der Waals surface area contributed by atoms with Crippen LogP contribution in [0.4, 0.5) is 4.79 Å². The zero-order chi connectivity index (χ0) is 9.97. The number of hydrogen-bond donors (Lipinski definition) is 1. The third-order valence-electron chi connectivity index (χ3n) is 3.50. The number of carbonyl (C=O) groups is 1. The Balaban J connectivity index is 1.82. The third kappa shape index (κ3) is 2.02. The van der Waals surface area contributed by atoms with Crippen molar-refractivity contribution in [2.45, 2.75) is 57.5 Å². The Morgan fingerprint density at radius 2 is 2.00 bits per heavy atom. The fraction of sp³-hybridized carbons (Fsp3) is 0.909. The van der Waals surface area contributed by atoms with Gasteiger partial charge >= 0.3 is 6.03 Å². The Hall–Kier alpha value is -0.730. The average molecular weight is 196 g/mol. The minimum absolute atomic E-state index is 0.168. The van der Waals surface area contributed by atoms with Crippen LogP contribution in [0.3, 0.4) is 0 Å². The fourth-order valence-electron chi connectivity index (χ4n) is 2.21. The minimum atomic E-state index is 0.168. The van der Waals surface area contributed by atoms with Gasteiger partial charge in [-0.15, -0.1) is 0 Å². The van der Waals surface area contributed by atoms with E-state index in [9.17, 15) is 4.79 Å². The minimum Gasteiger partial charge on any atom is -0.335 e. The van der Waals surface area contributed by atoms with Crippen LogP contribution in [0.1, 0.15) is 45.4 Å². The van der Waals surface area contributed by atoms with E-state index >= 15 is 0 Å². The highest BCUT2D eigenvalue weighted by atomic mass is 16.2. The summed E-state index contributed by atoms with van der Waals surface area (Å²) < 4.78 is 0. The summed E-state index contributed by atoms with van der Waals surface area (Å²) in [5, 5.41) is 3.10. The van der Waals surface area contributed by atoms with Crippen molar-refractivity contribution >= 4 is 6.03 Å². The van der Waals surface area contributed by atoms with Gasteiger partial charge in [0, 0.05) is 18.6 Å². The molecule has 0 aromatic carbocycles. The molecule has 0 bridgehead atoms. The zero-order valence-corrected chi connectivity index (χ0v) is 8.96. The summed E-state index contributed by atoms with van der Waals surface area (Å²) in [6.45, 7) is 3.10. The Bertz CT molecular complexity index is 213. The lowest BCUT2D eigenvalue weighted by molar-refractivity contribution is 0.150. The van der Waals surface area contributed by atoms with E-state index in [0.29, 0.717) is 12.1 Å². The highest BCUT2D eigenvalue weighted by Gasteiger charge is 2.26. The molecule has 3 heteroatoms. The number of nitrogens with one attached hydrogen (secondary N) is 1. The summed E-state index contributed by atoms with van der Waals surface area (Å²) in [6.07, 6.45) is 7.23. The van der Waals surface area contributed by atoms with Crippen molar-refractivity contribution in [1.82, 2.24) is 10.2 Å². The van der Waals surface area contributed by atoms with E-state index in [0.717, 1.165) is 13.0 Å². The first-order chi connectivity index (χ1) is 6.77. The van der Waals surface area contributed by atoms with Crippen LogP contribution in [-0.4, -0.2) is 29.6 Å². The lowest BCUT2D eigenvalue weighted by Crippen LogP contribution is -2.51. The molecule has 1 aliphatic heterocycles. The molecule has 2 fully saturated rings. The average Bonchev–Trinajstić information content (AvgIpc) is 2.12. The SMILES string of the molecule is CC1CCCCN1C(=O)NC1CCC1. The second kappa shape index (κ2) is 4.20. The number of hydrogen-bond acceptors (Lipinski definition) is 1. The summed E-state index contributed by atoms with van der Waals surface area (Å²) >= 11 is 0. The van der Waals surface area contributed by atoms with Crippen molar-refractivity contribution in [3.63, 3.8) is 0 Å². The lowest BCUT2D eigenvalue weighted by Gasteiger charge is -2.36. The number of piperidine rings is 1. The van der Waals surface area contributed by atoms with E-state index < -0.39 is 0 Å². The molecular formula is C11H20N2O. The van der Waals surface area contributed by atoms with Gasteiger partial charge in [0.1, 0.15) is 0 Å². The van der Waals surface area contributed by atoms with Gasteiger partial charge in [-0.2, -0.15) is 0 Å². The molecule has 2 amide bonds. The molecule has 14 heavy (non-hydrogen) atoms. The summed E-state index contributed by atoms with van der Waals surface area (Å²) in [7, 11) is 0. The molecule has 1 unspecified atom stereocenters. The number of amides is 2. The van der Waals surface area contributed by atoms with Gasteiger partial charge in [-0.3, -0.25) is 0 Å². The number of rotatable bonds is 1. The highest BCUT2D eigenvalue weighted by molar-refractivity contribution is 5.75. The number of urea groups is 1. The molecule has 1 saturated heterocycles. The zero-order valence-electron chi connectivity index (χ0n) is 8.96. The lowest BCUT2D eigenvalue weighted by atomic mass is 9.93. The molecule has 1 N–H and O–H groups in total. The van der Waals surface area contributed by atoms with Gasteiger partial charge in [0.05, 0.1) is 0 Å². The maximum absolute atomic E-state index is 11.8. The summed E-state index contributed by atoms with van der Waals surface area (Å²) in [5.74, 6) is 0. The monoisotopic (exact) mass is 196 g/mol. The van der Waals surface area contributed by atoms with E-state index in [1.165, 1.54) is 32.1 Å². The topological polar surface area (TPSA) is 32.3 Å². The fourth-order valence-corrected chi connectivity index (χ4v) is 2.21. The van der Waals surface area contributed by atoms with Crippen molar-refractivity contribution in [2.24, 2.45) is 0 Å². The van der Waals surface area contributed by atoms with E-state index in [2.05, 4.69) is 12.2 Å². The van der Waals surface area contributed by atoms with E-state index in [-0.39, 0.29) is 6.03 Å². The van der Waals surface area contributed by atoms with Crippen molar-refractivity contribution in [1.29, 1.82) is 0 Å². The van der Waals surface area contributed by atoms with Crippen LogP contribution in [0, 0.1) is 0 Å². The quantitative estimate of drug-likeness (QED) is 0.684. The molecule has 80 valence electrons. The molecule has 0 radical (unpaired) electrons. The van der Waals surface area contributed by atoms with Crippen LogP contribution in [0.15, 0.2) is 0 Å². The van der Waals surface area contributed by atoms with Gasteiger partial charge in [0.15, 0.2) is 0 Å². The Kier molecular flexibility index (Phi) is 2.94. The maximum atomic E-state index is 11.8. The first-order valence-corrected chi connectivity index (χ1v) is 5.84. The Morgan fingerprint density at radius 1 is 1.21 bits per heavy atom. The molecular weight excluding hydrogens is 176 g/mol. The number of likely N-dealkylation sites (tertiary alicyclic amines) is 1. The van der Waals surface area contributed by atoms with E-state index in [4.69, 9.17) is 0 Å². The van der Waals surface area contributed by atoms with Crippen molar-refractivity contribution in [3.8, 4) is 0 Å². The smallest absolute Gasteiger partial charge is 0.317 e. The van der Waals surface area contributed by atoms with Crippen molar-refractivity contribution in [2.75, 3.05) is 6.54 Å². The summed E-state index contributed by atoms with van der Waals surface area (Å²) in [6, 6.07) is 1.07. The van der Waals surface area contributed by atoms with Gasteiger partial charge in [0.2, 0.25) is 0 Å². The highest BCUT2D eigenvalue weighted by Crippen LogP contribution is 2.20. The van der Waals surface area contributed by atoms with Gasteiger partial charge < -0.3 is 10.2 Å². The van der Waals surface area contributed by atoms with Crippen LogP contribution in [0.2, 0.25) is 0 Å². The Labute approximate surface area is 85.8 Å². The largest absolute Gasteiger partial charge is 0.335 e. The molecule has 0 spiro atoms. The molecule has 0 aromatic rings. The molecule has 0 aromatic heterocycles. The first kappa shape index (κ1) is 9.81. The van der Waals surface area contributed by atoms with Crippen LogP contribution in [0.5, 0.6) is 0 Å². The standard InChI is InChI=1S/C11H20N2O/c1-9-5-2-3-8-13(9)11(14)12-10-6-4-7-10/h9-10H,2-8H2,1H3,(H,12,14). The van der Waals surface area contributed by atoms with Crippen LogP contribution < -0.4 is 5.32 Å². The first-order valence-electron chi connectivity index (χ1n) is 5.84. The second-order valence-electron chi connectivity index (χ2n) is 4.62. The maximum Gasteiger partial charge on any atom is 0.317 e. The van der Waals surface area contributed by atoms with Crippen molar-refractivity contribution in [3.05, 3.63) is 0 Å². The molecule has 1 atom stereocenters. The molecule has 1 saturated carbocycles. The predicted octanol–water partition coefficient (Wildman–Crippen LogP) is 2.12. The van der Waals surface area contributed by atoms with E-state index in [1.54, 1.807) is 0 Å². The van der Waals surface area contributed by atoms with Gasteiger partial charge in [-0.1, -0.05) is 0 Å². The third-order valence-corrected chi connectivity index (χ3v) is 3.50. The molecule has 3 nitrogen and oxygen atoms in total. The molecule has 2 rings (SSSR count). The molecule has 2 aliphatic rings. The van der Waals surface area contributed by atoms with Gasteiger partial charge in [-0.05, 0) is 45.4 Å². The van der Waals surface area contributed by atoms with Crippen LogP contribution in [-0.2, 0) is 0 Å². The van der Waals surface area contributed by atoms with Crippen LogP contribution in [0.25, 0.3) is 0 Å². The van der Waals surface area contributed by atoms with E-state index in [1.807, 2.05) is 4.90 Å².